The predicted octanol–water partition coefficient (Wildman–Crippen LogP) is 2.99. The van der Waals surface area contributed by atoms with Gasteiger partial charge in [0.05, 0.1) is 6.10 Å². The van der Waals surface area contributed by atoms with Crippen molar-refractivity contribution in [2.24, 2.45) is 5.41 Å². The summed E-state index contributed by atoms with van der Waals surface area (Å²) >= 11 is 0. The second-order valence-electron chi connectivity index (χ2n) is 4.25. The van der Waals surface area contributed by atoms with Crippen molar-refractivity contribution < 1.29 is 4.74 Å². The zero-order valence-corrected chi connectivity index (χ0v) is 8.02. The van der Waals surface area contributed by atoms with E-state index in [9.17, 15) is 0 Å². The van der Waals surface area contributed by atoms with Crippen LogP contribution in [0.5, 0.6) is 0 Å². The van der Waals surface area contributed by atoms with Gasteiger partial charge in [-0.3, -0.25) is 0 Å². The van der Waals surface area contributed by atoms with Crippen LogP contribution in [0.2, 0.25) is 0 Å². The minimum atomic E-state index is 0.451. The van der Waals surface area contributed by atoms with E-state index >= 15 is 0 Å². The van der Waals surface area contributed by atoms with Crippen molar-refractivity contribution in [1.82, 2.24) is 0 Å². The largest absolute Gasteiger partial charge is 0.382 e. The van der Waals surface area contributed by atoms with E-state index in [1.54, 1.807) is 7.11 Å². The van der Waals surface area contributed by atoms with E-state index in [4.69, 9.17) is 4.74 Å². The van der Waals surface area contributed by atoms with E-state index in [2.05, 4.69) is 13.8 Å². The molecule has 1 aliphatic rings. The molecule has 1 nitrogen and oxygen atoms in total. The summed E-state index contributed by atoms with van der Waals surface area (Å²) < 4.78 is 5.21. The van der Waals surface area contributed by atoms with Crippen LogP contribution < -0.4 is 0 Å². The first-order valence-corrected chi connectivity index (χ1v) is 4.69. The van der Waals surface area contributed by atoms with Crippen LogP contribution in [0.25, 0.3) is 0 Å². The summed E-state index contributed by atoms with van der Waals surface area (Å²) in [6.07, 6.45) is 7.34. The van der Waals surface area contributed by atoms with Crippen molar-refractivity contribution in [3.05, 3.63) is 0 Å². The van der Waals surface area contributed by atoms with Crippen molar-refractivity contribution in [2.75, 3.05) is 7.11 Å². The van der Waals surface area contributed by atoms with E-state index in [1.165, 1.54) is 32.1 Å². The van der Waals surface area contributed by atoms with Crippen molar-refractivity contribution in [3.63, 3.8) is 0 Å². The van der Waals surface area contributed by atoms with Gasteiger partial charge in [0.15, 0.2) is 0 Å². The fraction of sp³-hybridized carbons (Fsp3) is 1.00. The highest BCUT2D eigenvalue weighted by atomic mass is 16.5. The van der Waals surface area contributed by atoms with Gasteiger partial charge in [0.2, 0.25) is 0 Å². The normalized spacial score (nSPS) is 24.3. The number of hydrogen-bond acceptors (Lipinski definition) is 1. The highest BCUT2D eigenvalue weighted by Crippen LogP contribution is 2.44. The third kappa shape index (κ3) is 2.48. The van der Waals surface area contributed by atoms with Crippen LogP contribution in [-0.2, 0) is 4.74 Å². The Morgan fingerprint density at radius 3 is 2.45 bits per heavy atom. The van der Waals surface area contributed by atoms with Crippen LogP contribution >= 0.6 is 0 Å². The lowest BCUT2D eigenvalue weighted by Crippen LogP contribution is -2.26. The van der Waals surface area contributed by atoms with Crippen molar-refractivity contribution in [1.29, 1.82) is 0 Å². The molecule has 1 unspecified atom stereocenters. The molecule has 0 N–H and O–H groups in total. The average Bonchev–Trinajstić information content (AvgIpc) is 1.96. The monoisotopic (exact) mass is 156 g/mol. The highest BCUT2D eigenvalue weighted by Gasteiger charge is 2.31. The molecule has 1 heteroatoms. The maximum Gasteiger partial charge on any atom is 0.0543 e. The Morgan fingerprint density at radius 2 is 2.09 bits per heavy atom. The Balaban J connectivity index is 2.11. The Kier molecular flexibility index (Phi) is 2.94. The molecular weight excluding hydrogens is 136 g/mol. The van der Waals surface area contributed by atoms with Gasteiger partial charge < -0.3 is 4.74 Å². The molecule has 1 atom stereocenters. The quantitative estimate of drug-likeness (QED) is 0.608. The SMILES string of the molecule is COC(C)CCC1(C)CCC1. The van der Waals surface area contributed by atoms with Gasteiger partial charge in [0, 0.05) is 7.11 Å². The zero-order valence-electron chi connectivity index (χ0n) is 8.02. The summed E-state index contributed by atoms with van der Waals surface area (Å²) in [6, 6.07) is 0. The fourth-order valence-corrected chi connectivity index (χ4v) is 1.70. The summed E-state index contributed by atoms with van der Waals surface area (Å²) in [4.78, 5) is 0. The minimum Gasteiger partial charge on any atom is -0.382 e. The van der Waals surface area contributed by atoms with Crippen LogP contribution in [-0.4, -0.2) is 13.2 Å². The second-order valence-corrected chi connectivity index (χ2v) is 4.25. The molecule has 1 fully saturated rings. The van der Waals surface area contributed by atoms with Gasteiger partial charge in [-0.2, -0.15) is 0 Å². The molecular formula is C10H20O. The summed E-state index contributed by atoms with van der Waals surface area (Å²) in [5.74, 6) is 0. The molecule has 0 radical (unpaired) electrons. The van der Waals surface area contributed by atoms with E-state index < -0.39 is 0 Å². The first-order chi connectivity index (χ1) is 5.16. The molecule has 0 amide bonds. The first kappa shape index (κ1) is 9.05. The Morgan fingerprint density at radius 1 is 1.45 bits per heavy atom. The van der Waals surface area contributed by atoms with Crippen molar-refractivity contribution in [3.8, 4) is 0 Å². The van der Waals surface area contributed by atoms with Crippen LogP contribution in [0.15, 0.2) is 0 Å². The summed E-state index contributed by atoms with van der Waals surface area (Å²) in [5, 5.41) is 0. The van der Waals surface area contributed by atoms with Gasteiger partial charge in [-0.25, -0.2) is 0 Å². The summed E-state index contributed by atoms with van der Waals surface area (Å²) in [5.41, 5.74) is 0.673. The third-order valence-corrected chi connectivity index (χ3v) is 3.12. The van der Waals surface area contributed by atoms with Gasteiger partial charge in [-0.15, -0.1) is 0 Å². The molecule has 1 rings (SSSR count). The molecule has 66 valence electrons. The third-order valence-electron chi connectivity index (χ3n) is 3.12. The second kappa shape index (κ2) is 3.57. The summed E-state index contributed by atoms with van der Waals surface area (Å²) in [7, 11) is 1.80. The van der Waals surface area contributed by atoms with Crippen LogP contribution in [0.4, 0.5) is 0 Å². The molecule has 0 aromatic carbocycles. The van der Waals surface area contributed by atoms with E-state index in [1.807, 2.05) is 0 Å². The van der Waals surface area contributed by atoms with Crippen LogP contribution in [0.3, 0.4) is 0 Å². The van der Waals surface area contributed by atoms with Gasteiger partial charge in [0.25, 0.3) is 0 Å². The lowest BCUT2D eigenvalue weighted by Gasteiger charge is -2.39. The topological polar surface area (TPSA) is 9.23 Å². The highest BCUT2D eigenvalue weighted by molar-refractivity contribution is 4.83. The van der Waals surface area contributed by atoms with E-state index in [0.717, 1.165) is 0 Å². The minimum absolute atomic E-state index is 0.451. The van der Waals surface area contributed by atoms with Gasteiger partial charge in [-0.05, 0) is 38.0 Å². The molecule has 0 aromatic rings. The Bertz CT molecular complexity index is 116. The average molecular weight is 156 g/mol. The molecule has 11 heavy (non-hydrogen) atoms. The molecule has 0 aliphatic heterocycles. The smallest absolute Gasteiger partial charge is 0.0543 e. The zero-order chi connectivity index (χ0) is 8.32. The lowest BCUT2D eigenvalue weighted by atomic mass is 9.67. The first-order valence-electron chi connectivity index (χ1n) is 4.69. The summed E-state index contributed by atoms with van der Waals surface area (Å²) in [6.45, 7) is 4.56. The van der Waals surface area contributed by atoms with E-state index in [-0.39, 0.29) is 0 Å². The maximum absolute atomic E-state index is 5.21. The molecule has 0 spiro atoms. The Hall–Kier alpha value is -0.0400. The van der Waals surface area contributed by atoms with Crippen molar-refractivity contribution >= 4 is 0 Å². The molecule has 0 saturated heterocycles. The van der Waals surface area contributed by atoms with Crippen LogP contribution in [0.1, 0.15) is 46.0 Å². The van der Waals surface area contributed by atoms with Crippen molar-refractivity contribution in [2.45, 2.75) is 52.1 Å². The van der Waals surface area contributed by atoms with Crippen LogP contribution in [0, 0.1) is 5.41 Å². The number of hydrogen-bond donors (Lipinski definition) is 0. The number of ether oxygens (including phenoxy) is 1. The molecule has 0 heterocycles. The molecule has 0 bridgehead atoms. The number of methoxy groups -OCH3 is 1. The molecule has 1 aliphatic carbocycles. The standard InChI is InChI=1S/C10H20O/c1-9(11-3)5-8-10(2)6-4-7-10/h9H,4-8H2,1-3H3. The Labute approximate surface area is 70.1 Å². The predicted molar refractivity (Wildman–Crippen MR) is 47.7 cm³/mol. The number of rotatable bonds is 4. The molecule has 1 saturated carbocycles. The maximum atomic E-state index is 5.21. The van der Waals surface area contributed by atoms with Gasteiger partial charge in [0.1, 0.15) is 0 Å². The molecule has 0 aromatic heterocycles. The van der Waals surface area contributed by atoms with Gasteiger partial charge >= 0.3 is 0 Å². The fourth-order valence-electron chi connectivity index (χ4n) is 1.70. The van der Waals surface area contributed by atoms with E-state index in [0.29, 0.717) is 11.5 Å². The lowest BCUT2D eigenvalue weighted by molar-refractivity contribution is 0.0720. The van der Waals surface area contributed by atoms with Gasteiger partial charge in [-0.1, -0.05) is 13.3 Å².